The van der Waals surface area contributed by atoms with Crippen molar-refractivity contribution in [3.05, 3.63) is 29.8 Å². The number of rotatable bonds is 9. The molecule has 1 unspecified atom stereocenters. The average molecular weight is 460 g/mol. The van der Waals surface area contributed by atoms with E-state index in [0.29, 0.717) is 12.6 Å². The molecule has 1 atom stereocenters. The van der Waals surface area contributed by atoms with E-state index in [1.807, 2.05) is 12.1 Å². The predicted molar refractivity (Wildman–Crippen MR) is 116 cm³/mol. The lowest BCUT2D eigenvalue weighted by atomic mass is 10.2. The van der Waals surface area contributed by atoms with Crippen molar-refractivity contribution in [2.24, 2.45) is 10.9 Å². The fourth-order valence-electron chi connectivity index (χ4n) is 2.71. The van der Waals surface area contributed by atoms with Crippen molar-refractivity contribution < 1.29 is 4.74 Å². The highest BCUT2D eigenvalue weighted by Gasteiger charge is 2.32. The second-order valence-electron chi connectivity index (χ2n) is 6.68. The molecule has 5 nitrogen and oxygen atoms in total. The van der Waals surface area contributed by atoms with Crippen molar-refractivity contribution in [2.45, 2.75) is 32.7 Å². The van der Waals surface area contributed by atoms with Crippen LogP contribution < -0.4 is 15.4 Å². The summed E-state index contributed by atoms with van der Waals surface area (Å²) >= 11 is 0. The average Bonchev–Trinajstić information content (AvgIpc) is 3.38. The molecule has 1 aromatic carbocycles. The number of likely N-dealkylation sites (N-methyl/N-ethyl adjacent to an activating group) is 1. The lowest BCUT2D eigenvalue weighted by Gasteiger charge is -2.23. The first-order valence-electron chi connectivity index (χ1n) is 8.98. The maximum Gasteiger partial charge on any atom is 0.191 e. The molecular weight excluding hydrogens is 427 g/mol. The number of hydrogen-bond donors (Lipinski definition) is 2. The number of nitrogens with zero attached hydrogens (tertiary/aromatic N) is 2. The molecule has 0 aliphatic heterocycles. The molecule has 0 saturated heterocycles. The highest BCUT2D eigenvalue weighted by atomic mass is 127. The highest BCUT2D eigenvalue weighted by Crippen LogP contribution is 2.34. The van der Waals surface area contributed by atoms with Crippen LogP contribution in [0, 0.1) is 12.8 Å². The van der Waals surface area contributed by atoms with Gasteiger partial charge in [-0.2, -0.15) is 0 Å². The van der Waals surface area contributed by atoms with Gasteiger partial charge in [0.15, 0.2) is 5.96 Å². The van der Waals surface area contributed by atoms with Crippen LogP contribution in [0.15, 0.2) is 29.3 Å². The molecular formula is C19H33IN4O. The van der Waals surface area contributed by atoms with E-state index in [9.17, 15) is 0 Å². The van der Waals surface area contributed by atoms with Crippen LogP contribution in [0.2, 0.25) is 0 Å². The number of aliphatic imine (C=N–C) groups is 1. The van der Waals surface area contributed by atoms with Crippen LogP contribution in [-0.2, 0) is 0 Å². The zero-order valence-electron chi connectivity index (χ0n) is 15.9. The molecule has 142 valence electrons. The van der Waals surface area contributed by atoms with Gasteiger partial charge in [0.05, 0.1) is 13.1 Å². The molecule has 2 rings (SSSR count). The van der Waals surface area contributed by atoms with Crippen LogP contribution in [-0.4, -0.2) is 57.2 Å². The Bertz CT molecular complexity index is 513. The van der Waals surface area contributed by atoms with Crippen LogP contribution in [0.1, 0.15) is 25.3 Å². The maximum atomic E-state index is 5.75. The lowest BCUT2D eigenvalue weighted by molar-refractivity contribution is 0.271. The molecule has 25 heavy (non-hydrogen) atoms. The fourth-order valence-corrected chi connectivity index (χ4v) is 2.71. The van der Waals surface area contributed by atoms with E-state index in [1.165, 1.54) is 18.4 Å². The molecule has 0 radical (unpaired) electrons. The third kappa shape index (κ3) is 8.27. The molecule has 0 amide bonds. The minimum absolute atomic E-state index is 0. The highest BCUT2D eigenvalue weighted by molar-refractivity contribution is 14.0. The van der Waals surface area contributed by atoms with Gasteiger partial charge in [-0.3, -0.25) is 4.99 Å². The number of nitrogens with one attached hydrogen (secondary N) is 2. The van der Waals surface area contributed by atoms with Gasteiger partial charge in [0.2, 0.25) is 0 Å². The first-order chi connectivity index (χ1) is 11.6. The summed E-state index contributed by atoms with van der Waals surface area (Å²) < 4.78 is 5.75. The van der Waals surface area contributed by atoms with E-state index >= 15 is 0 Å². The largest absolute Gasteiger partial charge is 0.492 e. The summed E-state index contributed by atoms with van der Waals surface area (Å²) in [6, 6.07) is 8.68. The molecule has 1 aliphatic carbocycles. The first-order valence-corrected chi connectivity index (χ1v) is 8.98. The third-order valence-corrected chi connectivity index (χ3v) is 4.29. The Morgan fingerprint density at radius 2 is 1.92 bits per heavy atom. The van der Waals surface area contributed by atoms with Crippen LogP contribution >= 0.6 is 24.0 Å². The summed E-state index contributed by atoms with van der Waals surface area (Å²) in [4.78, 5) is 7.05. The summed E-state index contributed by atoms with van der Waals surface area (Å²) in [7, 11) is 4.29. The molecule has 1 aromatic rings. The Kier molecular flexibility index (Phi) is 10.2. The fraction of sp³-hybridized carbons (Fsp3) is 0.632. The van der Waals surface area contributed by atoms with Crippen molar-refractivity contribution in [3.8, 4) is 5.75 Å². The van der Waals surface area contributed by atoms with Crippen LogP contribution in [0.4, 0.5) is 0 Å². The van der Waals surface area contributed by atoms with Gasteiger partial charge in [-0.1, -0.05) is 17.7 Å². The third-order valence-electron chi connectivity index (χ3n) is 4.29. The summed E-state index contributed by atoms with van der Waals surface area (Å²) in [5, 5.41) is 6.66. The minimum Gasteiger partial charge on any atom is -0.492 e. The topological polar surface area (TPSA) is 48.9 Å². The summed E-state index contributed by atoms with van der Waals surface area (Å²) in [5.41, 5.74) is 1.24. The normalized spacial score (nSPS) is 15.5. The van der Waals surface area contributed by atoms with Gasteiger partial charge in [-0.25, -0.2) is 0 Å². The molecule has 2 N–H and O–H groups in total. The van der Waals surface area contributed by atoms with E-state index in [4.69, 9.17) is 9.73 Å². The Morgan fingerprint density at radius 3 is 2.48 bits per heavy atom. The number of ether oxygens (including phenoxy) is 1. The predicted octanol–water partition coefficient (Wildman–Crippen LogP) is 2.89. The van der Waals surface area contributed by atoms with Gasteiger partial charge >= 0.3 is 0 Å². The summed E-state index contributed by atoms with van der Waals surface area (Å²) in [5.74, 6) is 2.60. The van der Waals surface area contributed by atoms with Gasteiger partial charge in [-0.05, 0) is 58.8 Å². The Labute approximate surface area is 169 Å². The number of benzene rings is 1. The number of guanidine groups is 1. The molecule has 6 heteroatoms. The quantitative estimate of drug-likeness (QED) is 0.258. The second kappa shape index (κ2) is 11.6. The van der Waals surface area contributed by atoms with E-state index in [-0.39, 0.29) is 24.0 Å². The van der Waals surface area contributed by atoms with Crippen LogP contribution in [0.5, 0.6) is 5.75 Å². The zero-order chi connectivity index (χ0) is 17.4. The summed E-state index contributed by atoms with van der Waals surface area (Å²) in [6.07, 6.45) is 2.68. The standard InChI is InChI=1S/C19H32N4O.HI/c1-5-20-19(22-14-18(23(3)4)16-8-9-16)21-12-13-24-17-10-6-15(2)7-11-17;/h6-7,10-11,16,18H,5,8-9,12-14H2,1-4H3,(H2,20,21,22);1H. The van der Waals surface area contributed by atoms with E-state index in [1.54, 1.807) is 0 Å². The van der Waals surface area contributed by atoms with Crippen molar-refractivity contribution >= 4 is 29.9 Å². The van der Waals surface area contributed by atoms with Crippen molar-refractivity contribution in [1.82, 2.24) is 15.5 Å². The Hall–Kier alpha value is -1.02. The summed E-state index contributed by atoms with van der Waals surface area (Å²) in [6.45, 7) is 7.22. The van der Waals surface area contributed by atoms with Crippen molar-refractivity contribution in [2.75, 3.05) is 40.3 Å². The van der Waals surface area contributed by atoms with Crippen LogP contribution in [0.3, 0.4) is 0 Å². The monoisotopic (exact) mass is 460 g/mol. The molecule has 1 aliphatic rings. The number of aryl methyl sites for hydroxylation is 1. The minimum atomic E-state index is 0. The maximum absolute atomic E-state index is 5.75. The molecule has 0 spiro atoms. The Morgan fingerprint density at radius 1 is 1.24 bits per heavy atom. The van der Waals surface area contributed by atoms with Gasteiger partial charge in [0, 0.05) is 12.6 Å². The number of hydrogen-bond acceptors (Lipinski definition) is 3. The van der Waals surface area contributed by atoms with Gasteiger partial charge in [-0.15, -0.1) is 24.0 Å². The van der Waals surface area contributed by atoms with Gasteiger partial charge in [0.1, 0.15) is 12.4 Å². The number of halogens is 1. The van der Waals surface area contributed by atoms with Gasteiger partial charge < -0.3 is 20.3 Å². The van der Waals surface area contributed by atoms with Crippen molar-refractivity contribution in [3.63, 3.8) is 0 Å². The van der Waals surface area contributed by atoms with Crippen LogP contribution in [0.25, 0.3) is 0 Å². The lowest BCUT2D eigenvalue weighted by Crippen LogP contribution is -2.41. The smallest absolute Gasteiger partial charge is 0.191 e. The van der Waals surface area contributed by atoms with E-state index in [2.05, 4.69) is 55.6 Å². The molecule has 1 saturated carbocycles. The second-order valence-corrected chi connectivity index (χ2v) is 6.68. The van der Waals surface area contributed by atoms with Gasteiger partial charge in [0.25, 0.3) is 0 Å². The first kappa shape index (κ1) is 22.0. The molecule has 0 aromatic heterocycles. The SMILES string of the molecule is CCNC(=NCC(C1CC1)N(C)C)NCCOc1ccc(C)cc1.I. The Balaban J connectivity index is 0.00000312. The zero-order valence-corrected chi connectivity index (χ0v) is 18.2. The molecule has 1 fully saturated rings. The van der Waals surface area contributed by atoms with Crippen molar-refractivity contribution in [1.29, 1.82) is 0 Å². The molecule has 0 heterocycles. The van der Waals surface area contributed by atoms with E-state index in [0.717, 1.165) is 37.3 Å². The van der Waals surface area contributed by atoms with E-state index < -0.39 is 0 Å². The molecule has 0 bridgehead atoms.